The summed E-state index contributed by atoms with van der Waals surface area (Å²) in [5, 5.41) is 8.21. The van der Waals surface area contributed by atoms with Crippen molar-refractivity contribution in [3.8, 4) is 5.75 Å². The second-order valence-electron chi connectivity index (χ2n) is 4.60. The first-order valence-electron chi connectivity index (χ1n) is 5.90. The van der Waals surface area contributed by atoms with E-state index in [1.807, 2.05) is 6.07 Å². The summed E-state index contributed by atoms with van der Waals surface area (Å²) in [4.78, 5) is 0. The highest BCUT2D eigenvalue weighted by Crippen LogP contribution is 2.28. The smallest absolute Gasteiger partial charge is 0.123 e. The molecule has 0 bridgehead atoms. The third-order valence-corrected chi connectivity index (χ3v) is 3.25. The maximum atomic E-state index is 5.68. The number of nitrogens with two attached hydrogens (primary N) is 1. The molecular formula is C13H15N3O. The number of amidine groups is 1. The van der Waals surface area contributed by atoms with Crippen molar-refractivity contribution in [2.24, 2.45) is 21.9 Å². The van der Waals surface area contributed by atoms with Gasteiger partial charge in [0.25, 0.3) is 0 Å². The second kappa shape index (κ2) is 3.87. The number of hydrogen-bond acceptors (Lipinski definition) is 4. The molecule has 2 N–H and O–H groups in total. The molecule has 0 aromatic heterocycles. The number of fused-ring (bicyclic) bond motifs is 1. The van der Waals surface area contributed by atoms with Gasteiger partial charge in [0.15, 0.2) is 0 Å². The topological polar surface area (TPSA) is 60.0 Å². The maximum absolute atomic E-state index is 5.68. The average Bonchev–Trinajstić information content (AvgIpc) is 2.75. The van der Waals surface area contributed by atoms with E-state index < -0.39 is 0 Å². The minimum Gasteiger partial charge on any atom is -0.493 e. The molecule has 88 valence electrons. The Balaban J connectivity index is 1.99. The first-order valence-corrected chi connectivity index (χ1v) is 5.90. The van der Waals surface area contributed by atoms with Crippen LogP contribution in [0.15, 0.2) is 28.4 Å². The third-order valence-electron chi connectivity index (χ3n) is 3.25. The van der Waals surface area contributed by atoms with E-state index in [0.717, 1.165) is 36.5 Å². The highest BCUT2D eigenvalue weighted by atomic mass is 16.5. The molecule has 0 radical (unpaired) electrons. The van der Waals surface area contributed by atoms with Crippen LogP contribution in [0.5, 0.6) is 5.75 Å². The van der Waals surface area contributed by atoms with Crippen molar-refractivity contribution in [2.75, 3.05) is 6.61 Å². The molecule has 0 fully saturated rings. The van der Waals surface area contributed by atoms with Crippen LogP contribution in [-0.4, -0.2) is 18.2 Å². The van der Waals surface area contributed by atoms with E-state index >= 15 is 0 Å². The molecule has 0 aliphatic carbocycles. The quantitative estimate of drug-likeness (QED) is 0.797. The van der Waals surface area contributed by atoms with E-state index in [1.165, 1.54) is 5.56 Å². The van der Waals surface area contributed by atoms with Crippen LogP contribution >= 0.6 is 0 Å². The van der Waals surface area contributed by atoms with E-state index in [4.69, 9.17) is 10.5 Å². The van der Waals surface area contributed by atoms with Gasteiger partial charge in [-0.15, -0.1) is 5.10 Å². The first kappa shape index (κ1) is 10.3. The molecule has 1 atom stereocenters. The molecule has 0 amide bonds. The fraction of sp³-hybridized carbons (Fsp3) is 0.385. The van der Waals surface area contributed by atoms with Crippen molar-refractivity contribution in [3.05, 3.63) is 29.3 Å². The van der Waals surface area contributed by atoms with E-state index in [2.05, 4.69) is 29.3 Å². The van der Waals surface area contributed by atoms with Gasteiger partial charge in [-0.2, -0.15) is 5.10 Å². The van der Waals surface area contributed by atoms with Gasteiger partial charge in [-0.05, 0) is 29.3 Å². The van der Waals surface area contributed by atoms with Gasteiger partial charge in [-0.3, -0.25) is 0 Å². The number of rotatable bonds is 1. The van der Waals surface area contributed by atoms with Crippen LogP contribution < -0.4 is 10.5 Å². The zero-order valence-corrected chi connectivity index (χ0v) is 9.81. The summed E-state index contributed by atoms with van der Waals surface area (Å²) < 4.78 is 5.50. The molecule has 4 heteroatoms. The molecule has 2 aliphatic heterocycles. The lowest BCUT2D eigenvalue weighted by Gasteiger charge is -2.17. The lowest BCUT2D eigenvalue weighted by Crippen LogP contribution is -2.25. The summed E-state index contributed by atoms with van der Waals surface area (Å²) in [7, 11) is 0. The van der Waals surface area contributed by atoms with Gasteiger partial charge >= 0.3 is 0 Å². The molecule has 2 heterocycles. The largest absolute Gasteiger partial charge is 0.493 e. The van der Waals surface area contributed by atoms with E-state index in [-0.39, 0.29) is 0 Å². The number of nitrogens with zero attached hydrogens (tertiary/aromatic N) is 2. The van der Waals surface area contributed by atoms with Crippen molar-refractivity contribution in [3.63, 3.8) is 0 Å². The molecule has 1 aromatic carbocycles. The molecule has 1 unspecified atom stereocenters. The van der Waals surface area contributed by atoms with Crippen molar-refractivity contribution >= 4 is 11.5 Å². The SMILES string of the molecule is CC1CC(N)=NN=C1c1ccc2c(c1)CCO2. The summed E-state index contributed by atoms with van der Waals surface area (Å²) in [6.07, 6.45) is 1.77. The van der Waals surface area contributed by atoms with Crippen LogP contribution in [0.4, 0.5) is 0 Å². The third kappa shape index (κ3) is 1.79. The van der Waals surface area contributed by atoms with Gasteiger partial charge in [0, 0.05) is 18.8 Å². The lowest BCUT2D eigenvalue weighted by atomic mass is 9.93. The van der Waals surface area contributed by atoms with Crippen molar-refractivity contribution in [1.82, 2.24) is 0 Å². The molecule has 17 heavy (non-hydrogen) atoms. The number of ether oxygens (including phenoxy) is 1. The fourth-order valence-electron chi connectivity index (χ4n) is 2.36. The normalized spacial score (nSPS) is 22.5. The lowest BCUT2D eigenvalue weighted by molar-refractivity contribution is 0.357. The van der Waals surface area contributed by atoms with Gasteiger partial charge in [-0.1, -0.05) is 6.92 Å². The molecule has 3 rings (SSSR count). The average molecular weight is 229 g/mol. The Kier molecular flexibility index (Phi) is 2.35. The van der Waals surface area contributed by atoms with Crippen LogP contribution in [-0.2, 0) is 6.42 Å². The predicted octanol–water partition coefficient (Wildman–Crippen LogP) is 1.72. The predicted molar refractivity (Wildman–Crippen MR) is 67.6 cm³/mol. The summed E-state index contributed by atoms with van der Waals surface area (Å²) in [5.74, 6) is 1.94. The molecule has 1 aromatic rings. The molecule has 0 saturated heterocycles. The van der Waals surface area contributed by atoms with Gasteiger partial charge in [0.1, 0.15) is 11.6 Å². The summed E-state index contributed by atoms with van der Waals surface area (Å²) in [5.41, 5.74) is 9.10. The molecular weight excluding hydrogens is 214 g/mol. The number of benzene rings is 1. The van der Waals surface area contributed by atoms with Crippen LogP contribution in [0.3, 0.4) is 0 Å². The Hall–Kier alpha value is -1.84. The second-order valence-corrected chi connectivity index (χ2v) is 4.60. The van der Waals surface area contributed by atoms with Crippen LogP contribution in [0.1, 0.15) is 24.5 Å². The molecule has 2 aliphatic rings. The van der Waals surface area contributed by atoms with Gasteiger partial charge < -0.3 is 10.5 Å². The minimum atomic E-state index is 0.327. The van der Waals surface area contributed by atoms with Gasteiger partial charge in [0.2, 0.25) is 0 Å². The Morgan fingerprint density at radius 3 is 3.06 bits per heavy atom. The van der Waals surface area contributed by atoms with Crippen molar-refractivity contribution < 1.29 is 4.74 Å². The number of hydrogen-bond donors (Lipinski definition) is 1. The van der Waals surface area contributed by atoms with Crippen molar-refractivity contribution in [1.29, 1.82) is 0 Å². The van der Waals surface area contributed by atoms with E-state index in [9.17, 15) is 0 Å². The van der Waals surface area contributed by atoms with E-state index in [1.54, 1.807) is 0 Å². The summed E-state index contributed by atoms with van der Waals surface area (Å²) >= 11 is 0. The van der Waals surface area contributed by atoms with Crippen molar-refractivity contribution in [2.45, 2.75) is 19.8 Å². The van der Waals surface area contributed by atoms with Gasteiger partial charge in [-0.25, -0.2) is 0 Å². The minimum absolute atomic E-state index is 0.327. The molecule has 4 nitrogen and oxygen atoms in total. The Morgan fingerprint density at radius 2 is 2.24 bits per heavy atom. The van der Waals surface area contributed by atoms with E-state index in [0.29, 0.717) is 11.8 Å². The first-order chi connectivity index (χ1) is 8.24. The Labute approximate surface area is 100 Å². The zero-order valence-electron chi connectivity index (χ0n) is 9.81. The molecule has 0 saturated carbocycles. The van der Waals surface area contributed by atoms with Crippen LogP contribution in [0.25, 0.3) is 0 Å². The molecule has 0 spiro atoms. The monoisotopic (exact) mass is 229 g/mol. The Bertz CT molecular complexity index is 519. The van der Waals surface area contributed by atoms with Crippen LogP contribution in [0, 0.1) is 5.92 Å². The highest BCUT2D eigenvalue weighted by molar-refractivity contribution is 6.05. The highest BCUT2D eigenvalue weighted by Gasteiger charge is 2.20. The van der Waals surface area contributed by atoms with Crippen LogP contribution in [0.2, 0.25) is 0 Å². The summed E-state index contributed by atoms with van der Waals surface area (Å²) in [6, 6.07) is 6.24. The fourth-order valence-corrected chi connectivity index (χ4v) is 2.36. The zero-order chi connectivity index (χ0) is 11.8. The summed E-state index contributed by atoms with van der Waals surface area (Å²) in [6.45, 7) is 2.91. The maximum Gasteiger partial charge on any atom is 0.123 e. The standard InChI is InChI=1S/C13H15N3O/c1-8-6-12(14)15-16-13(8)10-2-3-11-9(7-10)4-5-17-11/h2-3,7-8H,4-6H2,1H3,(H2,14,15). The van der Waals surface area contributed by atoms with Gasteiger partial charge in [0.05, 0.1) is 12.3 Å². The Morgan fingerprint density at radius 1 is 1.35 bits per heavy atom.